The highest BCUT2D eigenvalue weighted by atomic mass is 32.2. The van der Waals surface area contributed by atoms with Crippen LogP contribution in [0.5, 0.6) is 0 Å². The standard InChI is InChI=1S/C17H27N7O4S/c1-10(2)19-17(25)28-12-6-5-11(7-12)13-8-14(22-21-13)20-16-18-9-15(24(16)3)23-29(4,26)27/h8-12,23H,5-7H2,1-4H3,(H,19,25)(H2,18,20,21,22)/t11-,12+/m1/s1. The normalized spacial score (nSPS) is 19.3. The second-order valence-electron chi connectivity index (χ2n) is 7.57. The number of rotatable bonds is 7. The number of ether oxygens (including phenoxy) is 1. The Labute approximate surface area is 169 Å². The van der Waals surface area contributed by atoms with E-state index in [0.717, 1.165) is 31.2 Å². The van der Waals surface area contributed by atoms with Crippen molar-refractivity contribution in [3.63, 3.8) is 0 Å². The smallest absolute Gasteiger partial charge is 0.407 e. The van der Waals surface area contributed by atoms with Gasteiger partial charge in [0.2, 0.25) is 16.0 Å². The third-order valence-corrected chi connectivity index (χ3v) is 5.20. The minimum Gasteiger partial charge on any atom is -0.446 e. The van der Waals surface area contributed by atoms with Crippen molar-refractivity contribution in [2.24, 2.45) is 7.05 Å². The number of sulfonamides is 1. The Morgan fingerprint density at radius 2 is 2.14 bits per heavy atom. The molecular formula is C17H27N7O4S. The van der Waals surface area contributed by atoms with E-state index in [9.17, 15) is 13.2 Å². The van der Waals surface area contributed by atoms with Gasteiger partial charge in [0.25, 0.3) is 0 Å². The van der Waals surface area contributed by atoms with E-state index < -0.39 is 10.0 Å². The van der Waals surface area contributed by atoms with Gasteiger partial charge in [-0.25, -0.2) is 18.2 Å². The Morgan fingerprint density at radius 1 is 1.38 bits per heavy atom. The summed E-state index contributed by atoms with van der Waals surface area (Å²) < 4.78 is 32.2. The van der Waals surface area contributed by atoms with Crippen LogP contribution in [0.2, 0.25) is 0 Å². The molecule has 0 aromatic carbocycles. The first-order valence-corrected chi connectivity index (χ1v) is 11.3. The summed E-state index contributed by atoms with van der Waals surface area (Å²) in [6.45, 7) is 3.78. The van der Waals surface area contributed by atoms with E-state index in [0.29, 0.717) is 17.6 Å². The number of amides is 1. The Bertz CT molecular complexity index is 966. The molecule has 2 aromatic rings. The van der Waals surface area contributed by atoms with Crippen molar-refractivity contribution in [3.05, 3.63) is 18.0 Å². The minimum atomic E-state index is -3.39. The highest BCUT2D eigenvalue weighted by Crippen LogP contribution is 2.36. The number of aromatic nitrogens is 4. The fraction of sp³-hybridized carbons (Fsp3) is 0.588. The molecule has 1 aliphatic carbocycles. The summed E-state index contributed by atoms with van der Waals surface area (Å²) in [5.41, 5.74) is 0.951. The number of H-pyrrole nitrogens is 1. The van der Waals surface area contributed by atoms with E-state index in [1.807, 2.05) is 19.9 Å². The quantitative estimate of drug-likeness (QED) is 0.531. The van der Waals surface area contributed by atoms with Crippen LogP contribution in [0.4, 0.5) is 22.4 Å². The lowest BCUT2D eigenvalue weighted by molar-refractivity contribution is 0.0981. The molecule has 2 aromatic heterocycles. The van der Waals surface area contributed by atoms with Gasteiger partial charge in [0.05, 0.1) is 12.5 Å². The lowest BCUT2D eigenvalue weighted by Crippen LogP contribution is -2.33. The van der Waals surface area contributed by atoms with Gasteiger partial charge in [-0.15, -0.1) is 0 Å². The summed E-state index contributed by atoms with van der Waals surface area (Å²) >= 11 is 0. The van der Waals surface area contributed by atoms with E-state index in [1.54, 1.807) is 11.6 Å². The predicted molar refractivity (Wildman–Crippen MR) is 109 cm³/mol. The predicted octanol–water partition coefficient (Wildman–Crippen LogP) is 2.03. The van der Waals surface area contributed by atoms with Crippen molar-refractivity contribution in [3.8, 4) is 0 Å². The number of carbonyl (C=O) groups excluding carboxylic acids is 1. The molecule has 12 heteroatoms. The summed E-state index contributed by atoms with van der Waals surface area (Å²) in [5.74, 6) is 1.59. The van der Waals surface area contributed by atoms with Crippen LogP contribution in [-0.2, 0) is 21.8 Å². The van der Waals surface area contributed by atoms with Gasteiger partial charge in [-0.3, -0.25) is 14.4 Å². The van der Waals surface area contributed by atoms with Crippen LogP contribution < -0.4 is 15.4 Å². The summed E-state index contributed by atoms with van der Waals surface area (Å²) in [4.78, 5) is 15.9. The Kier molecular flexibility index (Phi) is 6.01. The highest BCUT2D eigenvalue weighted by Gasteiger charge is 2.30. The summed E-state index contributed by atoms with van der Waals surface area (Å²) in [6.07, 6.45) is 4.45. The first-order chi connectivity index (χ1) is 13.6. The third kappa shape index (κ3) is 5.62. The van der Waals surface area contributed by atoms with E-state index >= 15 is 0 Å². The number of hydrogen-bond donors (Lipinski definition) is 4. The van der Waals surface area contributed by atoms with Crippen LogP contribution >= 0.6 is 0 Å². The average Bonchev–Trinajstić information content (AvgIpc) is 3.30. The molecule has 3 rings (SSSR count). The van der Waals surface area contributed by atoms with Crippen molar-refractivity contribution in [2.45, 2.75) is 51.2 Å². The van der Waals surface area contributed by atoms with Crippen LogP contribution in [0.25, 0.3) is 0 Å². The molecule has 11 nitrogen and oxygen atoms in total. The van der Waals surface area contributed by atoms with Gasteiger partial charge in [-0.1, -0.05) is 0 Å². The number of nitrogens with one attached hydrogen (secondary N) is 4. The Hall–Kier alpha value is -2.76. The SMILES string of the molecule is CC(C)NC(=O)O[C@H]1CC[C@@H](c2cc(Nc3ncc(NS(C)(=O)=O)n3C)n[nH]2)C1. The average molecular weight is 426 g/mol. The monoisotopic (exact) mass is 425 g/mol. The molecule has 0 radical (unpaired) electrons. The molecule has 0 saturated heterocycles. The maximum absolute atomic E-state index is 11.8. The molecule has 1 fully saturated rings. The Balaban J connectivity index is 1.58. The van der Waals surface area contributed by atoms with E-state index in [4.69, 9.17) is 4.74 Å². The van der Waals surface area contributed by atoms with Crippen molar-refractivity contribution in [1.82, 2.24) is 25.1 Å². The second kappa shape index (κ2) is 8.31. The zero-order valence-corrected chi connectivity index (χ0v) is 17.7. The number of aromatic amines is 1. The first-order valence-electron chi connectivity index (χ1n) is 9.39. The summed E-state index contributed by atoms with van der Waals surface area (Å²) in [7, 11) is -1.70. The molecular weight excluding hydrogens is 398 g/mol. The third-order valence-electron chi connectivity index (χ3n) is 4.62. The van der Waals surface area contributed by atoms with E-state index in [2.05, 4.69) is 30.5 Å². The number of alkyl carbamates (subject to hydrolysis) is 1. The second-order valence-corrected chi connectivity index (χ2v) is 9.32. The Morgan fingerprint density at radius 3 is 2.83 bits per heavy atom. The molecule has 160 valence electrons. The fourth-order valence-electron chi connectivity index (χ4n) is 3.29. The van der Waals surface area contributed by atoms with Crippen molar-refractivity contribution in [1.29, 1.82) is 0 Å². The minimum absolute atomic E-state index is 0.0419. The number of anilines is 3. The maximum atomic E-state index is 11.8. The van der Waals surface area contributed by atoms with Gasteiger partial charge in [0, 0.05) is 30.8 Å². The maximum Gasteiger partial charge on any atom is 0.407 e. The molecule has 1 amide bonds. The molecule has 2 heterocycles. The number of hydrogen-bond acceptors (Lipinski definition) is 7. The lowest BCUT2D eigenvalue weighted by atomic mass is 10.0. The topological polar surface area (TPSA) is 143 Å². The molecule has 1 aliphatic rings. The molecule has 0 spiro atoms. The van der Waals surface area contributed by atoms with Crippen molar-refractivity contribution in [2.75, 3.05) is 16.3 Å². The highest BCUT2D eigenvalue weighted by molar-refractivity contribution is 7.92. The van der Waals surface area contributed by atoms with Gasteiger partial charge in [0.15, 0.2) is 5.82 Å². The van der Waals surface area contributed by atoms with Crippen LogP contribution in [0.3, 0.4) is 0 Å². The van der Waals surface area contributed by atoms with Gasteiger partial charge in [-0.05, 0) is 33.1 Å². The lowest BCUT2D eigenvalue weighted by Gasteiger charge is -2.14. The fourth-order valence-corrected chi connectivity index (χ4v) is 3.86. The molecule has 2 atom stereocenters. The van der Waals surface area contributed by atoms with Gasteiger partial charge < -0.3 is 15.4 Å². The summed E-state index contributed by atoms with van der Waals surface area (Å²) in [5, 5.41) is 13.1. The molecule has 0 bridgehead atoms. The number of nitrogens with zero attached hydrogens (tertiary/aromatic N) is 3. The largest absolute Gasteiger partial charge is 0.446 e. The van der Waals surface area contributed by atoms with Gasteiger partial charge >= 0.3 is 6.09 Å². The number of carbonyl (C=O) groups is 1. The first kappa shape index (κ1) is 21.0. The number of imidazole rings is 1. The van der Waals surface area contributed by atoms with E-state index in [-0.39, 0.29) is 24.2 Å². The van der Waals surface area contributed by atoms with Crippen molar-refractivity contribution >= 4 is 33.7 Å². The molecule has 1 saturated carbocycles. The summed E-state index contributed by atoms with van der Waals surface area (Å²) in [6, 6.07) is 1.93. The zero-order chi connectivity index (χ0) is 21.2. The van der Waals surface area contributed by atoms with Crippen LogP contribution in [0.15, 0.2) is 12.3 Å². The van der Waals surface area contributed by atoms with Crippen molar-refractivity contribution < 1.29 is 17.9 Å². The van der Waals surface area contributed by atoms with Crippen LogP contribution in [-0.4, -0.2) is 52.7 Å². The molecule has 29 heavy (non-hydrogen) atoms. The molecule has 0 aliphatic heterocycles. The molecule has 0 unspecified atom stereocenters. The van der Waals surface area contributed by atoms with Crippen LogP contribution in [0, 0.1) is 0 Å². The van der Waals surface area contributed by atoms with Gasteiger partial charge in [0.1, 0.15) is 11.9 Å². The van der Waals surface area contributed by atoms with Gasteiger partial charge in [-0.2, -0.15) is 5.10 Å². The van der Waals surface area contributed by atoms with E-state index in [1.165, 1.54) is 6.20 Å². The molecule has 4 N–H and O–H groups in total. The van der Waals surface area contributed by atoms with Crippen LogP contribution in [0.1, 0.15) is 44.7 Å². The zero-order valence-electron chi connectivity index (χ0n) is 16.9.